The standard InChI is InChI=1S/C12H17NS/c1-8-13-10-6-5-9(12(2,3)4)7-11(10)14-8/h5-7,10-11H,1-4H3. The highest BCUT2D eigenvalue weighted by atomic mass is 32.2. The summed E-state index contributed by atoms with van der Waals surface area (Å²) in [5, 5.41) is 1.77. The van der Waals surface area contributed by atoms with Crippen LogP contribution in [0.2, 0.25) is 0 Å². The third-order valence-corrected chi connectivity index (χ3v) is 3.79. The lowest BCUT2D eigenvalue weighted by Crippen LogP contribution is -2.20. The minimum Gasteiger partial charge on any atom is -0.274 e. The maximum absolute atomic E-state index is 4.58. The number of allylic oxidation sites excluding steroid dienone is 2. The Morgan fingerprint density at radius 2 is 2.07 bits per heavy atom. The van der Waals surface area contributed by atoms with Gasteiger partial charge in [0.25, 0.3) is 0 Å². The summed E-state index contributed by atoms with van der Waals surface area (Å²) >= 11 is 1.89. The molecule has 2 unspecified atom stereocenters. The van der Waals surface area contributed by atoms with E-state index in [1.807, 2.05) is 11.8 Å². The Labute approximate surface area is 90.4 Å². The fourth-order valence-electron chi connectivity index (χ4n) is 1.80. The van der Waals surface area contributed by atoms with Crippen LogP contribution in [0.5, 0.6) is 0 Å². The summed E-state index contributed by atoms with van der Waals surface area (Å²) < 4.78 is 0. The number of nitrogens with zero attached hydrogens (tertiary/aromatic N) is 1. The molecule has 0 bridgehead atoms. The number of hydrogen-bond acceptors (Lipinski definition) is 2. The third kappa shape index (κ3) is 1.81. The SMILES string of the molecule is CC1=NC2C=CC(C(C)(C)C)=CC2S1. The molecule has 2 heteroatoms. The molecule has 0 aromatic rings. The lowest BCUT2D eigenvalue weighted by atomic mass is 9.83. The van der Waals surface area contributed by atoms with Gasteiger partial charge in [0.1, 0.15) is 0 Å². The molecule has 0 amide bonds. The first-order chi connectivity index (χ1) is 6.47. The Kier molecular flexibility index (Phi) is 2.34. The van der Waals surface area contributed by atoms with Crippen molar-refractivity contribution in [2.45, 2.75) is 39.0 Å². The van der Waals surface area contributed by atoms with E-state index in [4.69, 9.17) is 0 Å². The van der Waals surface area contributed by atoms with Crippen molar-refractivity contribution < 1.29 is 0 Å². The van der Waals surface area contributed by atoms with Gasteiger partial charge in [-0.05, 0) is 17.9 Å². The smallest absolute Gasteiger partial charge is 0.0850 e. The Bertz CT molecular complexity index is 331. The van der Waals surface area contributed by atoms with E-state index in [0.717, 1.165) is 0 Å². The van der Waals surface area contributed by atoms with E-state index in [1.165, 1.54) is 10.6 Å². The van der Waals surface area contributed by atoms with Gasteiger partial charge in [0.15, 0.2) is 0 Å². The Hall–Kier alpha value is -0.500. The molecular formula is C12H17NS. The zero-order valence-electron chi connectivity index (χ0n) is 9.24. The molecule has 0 fully saturated rings. The van der Waals surface area contributed by atoms with Gasteiger partial charge in [-0.3, -0.25) is 4.99 Å². The summed E-state index contributed by atoms with van der Waals surface area (Å²) in [6.07, 6.45) is 6.87. The minimum absolute atomic E-state index is 0.262. The first-order valence-corrected chi connectivity index (χ1v) is 5.96. The summed E-state index contributed by atoms with van der Waals surface area (Å²) in [5.41, 5.74) is 1.70. The van der Waals surface area contributed by atoms with Gasteiger partial charge in [0.2, 0.25) is 0 Å². The summed E-state index contributed by atoms with van der Waals surface area (Å²) in [6, 6.07) is 0.395. The maximum atomic E-state index is 4.58. The molecule has 0 radical (unpaired) electrons. The lowest BCUT2D eigenvalue weighted by Gasteiger charge is -2.26. The third-order valence-electron chi connectivity index (χ3n) is 2.66. The van der Waals surface area contributed by atoms with Crippen LogP contribution in [0.3, 0.4) is 0 Å². The molecule has 76 valence electrons. The Morgan fingerprint density at radius 3 is 2.71 bits per heavy atom. The van der Waals surface area contributed by atoms with Gasteiger partial charge in [-0.2, -0.15) is 0 Å². The van der Waals surface area contributed by atoms with Gasteiger partial charge < -0.3 is 0 Å². The predicted octanol–water partition coefficient (Wildman–Crippen LogP) is 3.43. The van der Waals surface area contributed by atoms with Gasteiger partial charge in [-0.25, -0.2) is 0 Å². The van der Waals surface area contributed by atoms with Crippen molar-refractivity contribution in [2.24, 2.45) is 10.4 Å². The van der Waals surface area contributed by atoms with E-state index in [9.17, 15) is 0 Å². The predicted molar refractivity (Wildman–Crippen MR) is 65.0 cm³/mol. The highest BCUT2D eigenvalue weighted by Crippen LogP contribution is 2.37. The van der Waals surface area contributed by atoms with Gasteiger partial charge >= 0.3 is 0 Å². The van der Waals surface area contributed by atoms with Crippen molar-refractivity contribution in [3.63, 3.8) is 0 Å². The largest absolute Gasteiger partial charge is 0.274 e. The highest BCUT2D eigenvalue weighted by Gasteiger charge is 2.29. The van der Waals surface area contributed by atoms with E-state index < -0.39 is 0 Å². The second kappa shape index (κ2) is 3.27. The van der Waals surface area contributed by atoms with Crippen molar-refractivity contribution >= 4 is 16.8 Å². The molecule has 2 rings (SSSR count). The molecule has 1 aliphatic heterocycles. The first-order valence-electron chi connectivity index (χ1n) is 5.08. The van der Waals surface area contributed by atoms with E-state index in [0.29, 0.717) is 11.3 Å². The molecule has 1 aliphatic carbocycles. The van der Waals surface area contributed by atoms with Crippen molar-refractivity contribution in [1.82, 2.24) is 0 Å². The molecule has 1 nitrogen and oxygen atoms in total. The van der Waals surface area contributed by atoms with Crippen LogP contribution in [-0.4, -0.2) is 16.3 Å². The van der Waals surface area contributed by atoms with Crippen LogP contribution in [0, 0.1) is 5.41 Å². The van der Waals surface area contributed by atoms with Crippen molar-refractivity contribution in [3.05, 3.63) is 23.8 Å². The van der Waals surface area contributed by atoms with E-state index in [2.05, 4.69) is 50.9 Å². The van der Waals surface area contributed by atoms with Crippen LogP contribution in [0.4, 0.5) is 0 Å². The summed E-state index contributed by atoms with van der Waals surface area (Å²) in [7, 11) is 0. The number of fused-ring (bicyclic) bond motifs is 1. The second-order valence-corrected chi connectivity index (χ2v) is 6.32. The van der Waals surface area contributed by atoms with Gasteiger partial charge in [-0.1, -0.05) is 39.0 Å². The molecule has 0 N–H and O–H groups in total. The molecule has 2 aliphatic rings. The monoisotopic (exact) mass is 207 g/mol. The number of rotatable bonds is 0. The fraction of sp³-hybridized carbons (Fsp3) is 0.583. The molecule has 0 saturated carbocycles. The Balaban J connectivity index is 2.22. The normalized spacial score (nSPS) is 31.1. The summed E-state index contributed by atoms with van der Waals surface area (Å²) in [6.45, 7) is 8.88. The lowest BCUT2D eigenvalue weighted by molar-refractivity contribution is 0.511. The molecule has 1 heterocycles. The molecule has 0 aromatic heterocycles. The molecule has 2 atom stereocenters. The van der Waals surface area contributed by atoms with Crippen LogP contribution in [0.1, 0.15) is 27.7 Å². The van der Waals surface area contributed by atoms with Crippen LogP contribution in [0.15, 0.2) is 28.8 Å². The van der Waals surface area contributed by atoms with E-state index in [1.54, 1.807) is 0 Å². The summed E-state index contributed by atoms with van der Waals surface area (Å²) in [5.74, 6) is 0. The van der Waals surface area contributed by atoms with Gasteiger partial charge in [-0.15, -0.1) is 11.8 Å². The topological polar surface area (TPSA) is 12.4 Å². The molecule has 0 spiro atoms. The average Bonchev–Trinajstić information content (AvgIpc) is 2.41. The molecular weight excluding hydrogens is 190 g/mol. The van der Waals surface area contributed by atoms with Crippen molar-refractivity contribution in [3.8, 4) is 0 Å². The average molecular weight is 207 g/mol. The number of thioether (sulfide) groups is 1. The quantitative estimate of drug-likeness (QED) is 0.593. The van der Waals surface area contributed by atoms with Crippen molar-refractivity contribution in [1.29, 1.82) is 0 Å². The van der Waals surface area contributed by atoms with E-state index in [-0.39, 0.29) is 5.41 Å². The summed E-state index contributed by atoms with van der Waals surface area (Å²) in [4.78, 5) is 4.58. The fourth-order valence-corrected chi connectivity index (χ4v) is 2.88. The minimum atomic E-state index is 0.262. The van der Waals surface area contributed by atoms with Crippen LogP contribution in [0.25, 0.3) is 0 Å². The number of hydrogen-bond donors (Lipinski definition) is 0. The Morgan fingerprint density at radius 1 is 1.36 bits per heavy atom. The molecule has 14 heavy (non-hydrogen) atoms. The molecule has 0 aromatic carbocycles. The van der Waals surface area contributed by atoms with Gasteiger partial charge in [0.05, 0.1) is 16.3 Å². The highest BCUT2D eigenvalue weighted by molar-refractivity contribution is 8.14. The first kappa shape index (κ1) is 10.0. The van der Waals surface area contributed by atoms with Crippen molar-refractivity contribution in [2.75, 3.05) is 0 Å². The number of aliphatic imine (C=N–C) groups is 1. The van der Waals surface area contributed by atoms with Gasteiger partial charge in [0, 0.05) is 0 Å². The second-order valence-electron chi connectivity index (χ2n) is 4.95. The van der Waals surface area contributed by atoms with E-state index >= 15 is 0 Å². The zero-order valence-corrected chi connectivity index (χ0v) is 10.1. The van der Waals surface area contributed by atoms with Crippen LogP contribution >= 0.6 is 11.8 Å². The van der Waals surface area contributed by atoms with Crippen LogP contribution in [-0.2, 0) is 0 Å². The zero-order chi connectivity index (χ0) is 10.3. The maximum Gasteiger partial charge on any atom is 0.0850 e. The molecule has 0 saturated heterocycles. The van der Waals surface area contributed by atoms with Crippen LogP contribution < -0.4 is 0 Å².